The lowest BCUT2D eigenvalue weighted by Gasteiger charge is -2.30. The van der Waals surface area contributed by atoms with E-state index in [2.05, 4.69) is 15.9 Å². The van der Waals surface area contributed by atoms with E-state index in [1.165, 1.54) is 0 Å². The number of hydrogen-bond acceptors (Lipinski definition) is 4. The van der Waals surface area contributed by atoms with Crippen molar-refractivity contribution in [3.05, 3.63) is 34.3 Å². The van der Waals surface area contributed by atoms with Crippen LogP contribution >= 0.6 is 15.9 Å². The molecular weight excluding hydrogens is 344 g/mol. The Bertz CT molecular complexity index is 536. The van der Waals surface area contributed by atoms with E-state index in [0.717, 1.165) is 10.0 Å². The molecule has 0 aliphatic heterocycles. The highest BCUT2D eigenvalue weighted by molar-refractivity contribution is 9.10. The van der Waals surface area contributed by atoms with Crippen LogP contribution in [0.5, 0.6) is 0 Å². The highest BCUT2D eigenvalue weighted by Crippen LogP contribution is 2.30. The third-order valence-electron chi connectivity index (χ3n) is 3.63. The Balaban J connectivity index is 3.05. The van der Waals surface area contributed by atoms with E-state index in [-0.39, 0.29) is 25.4 Å². The summed E-state index contributed by atoms with van der Waals surface area (Å²) < 4.78 is 24.7. The van der Waals surface area contributed by atoms with Gasteiger partial charge in [-0.2, -0.15) is 0 Å². The van der Waals surface area contributed by atoms with Crippen molar-refractivity contribution in [3.8, 4) is 0 Å². The third kappa shape index (κ3) is 4.04. The fourth-order valence-corrected chi connectivity index (χ4v) is 3.47. The molecule has 0 radical (unpaired) electrons. The minimum atomic E-state index is -3.20. The molecule has 2 N–H and O–H groups in total. The highest BCUT2D eigenvalue weighted by Gasteiger charge is 2.33. The zero-order chi connectivity index (χ0) is 15.4. The number of rotatable bonds is 7. The van der Waals surface area contributed by atoms with E-state index < -0.39 is 20.5 Å². The van der Waals surface area contributed by atoms with Gasteiger partial charge in [0.15, 0.2) is 9.84 Å². The zero-order valence-electron chi connectivity index (χ0n) is 11.7. The molecule has 0 saturated carbocycles. The molecule has 20 heavy (non-hydrogen) atoms. The van der Waals surface area contributed by atoms with Crippen molar-refractivity contribution in [2.75, 3.05) is 19.0 Å². The summed E-state index contributed by atoms with van der Waals surface area (Å²) in [6, 6.07) is 7.23. The second-order valence-corrected chi connectivity index (χ2v) is 8.87. The summed E-state index contributed by atoms with van der Waals surface area (Å²) in [4.78, 5) is 0. The number of aliphatic hydroxyl groups excluding tert-OH is 2. The van der Waals surface area contributed by atoms with E-state index in [4.69, 9.17) is 0 Å². The summed E-state index contributed by atoms with van der Waals surface area (Å²) in [6.07, 6.45) is 0.191. The van der Waals surface area contributed by atoms with Crippen LogP contribution < -0.4 is 0 Å². The van der Waals surface area contributed by atoms with Crippen molar-refractivity contribution in [1.82, 2.24) is 0 Å². The molecule has 6 heteroatoms. The zero-order valence-corrected chi connectivity index (χ0v) is 14.1. The molecule has 0 aliphatic rings. The van der Waals surface area contributed by atoms with Gasteiger partial charge in [0.05, 0.1) is 24.2 Å². The van der Waals surface area contributed by atoms with Crippen LogP contribution in [0.25, 0.3) is 0 Å². The minimum absolute atomic E-state index is 0.0572. The molecule has 0 aliphatic carbocycles. The molecule has 0 aromatic heterocycles. The molecule has 1 rings (SSSR count). The monoisotopic (exact) mass is 364 g/mol. The molecule has 114 valence electrons. The van der Waals surface area contributed by atoms with Crippen LogP contribution in [0.3, 0.4) is 0 Å². The average molecular weight is 365 g/mol. The normalized spacial score (nSPS) is 12.9. The maximum Gasteiger partial charge on any atom is 0.152 e. The van der Waals surface area contributed by atoms with Gasteiger partial charge in [0.1, 0.15) is 0 Å². The van der Waals surface area contributed by atoms with Gasteiger partial charge in [-0.1, -0.05) is 28.1 Å². The number of sulfone groups is 1. The molecule has 0 heterocycles. The van der Waals surface area contributed by atoms with E-state index >= 15 is 0 Å². The van der Waals surface area contributed by atoms with Gasteiger partial charge in [-0.15, -0.1) is 0 Å². The Labute approximate surface area is 128 Å². The summed E-state index contributed by atoms with van der Waals surface area (Å²) in [5, 5.41) is 18.9. The van der Waals surface area contributed by atoms with Crippen molar-refractivity contribution in [3.63, 3.8) is 0 Å². The Kier molecular flexibility index (Phi) is 6.19. The number of aliphatic hydroxyl groups is 2. The fourth-order valence-electron chi connectivity index (χ4n) is 1.93. The van der Waals surface area contributed by atoms with Crippen LogP contribution in [-0.2, 0) is 15.3 Å². The maximum atomic E-state index is 11.9. The standard InChI is InChI=1S/C14H21BrO4S/c1-11(2)20(18,19)7-6-14(9-16,10-17)12-4-3-5-13(15)8-12/h3-5,8,11,16-17H,6-7,9-10H2,1-2H3. The Morgan fingerprint density at radius 1 is 1.25 bits per heavy atom. The average Bonchev–Trinajstić information content (AvgIpc) is 2.40. The first kappa shape index (κ1) is 17.6. The van der Waals surface area contributed by atoms with Gasteiger partial charge >= 0.3 is 0 Å². The molecule has 1 aromatic carbocycles. The van der Waals surface area contributed by atoms with Gasteiger partial charge in [-0.05, 0) is 38.0 Å². The topological polar surface area (TPSA) is 74.6 Å². The van der Waals surface area contributed by atoms with Crippen LogP contribution in [0.1, 0.15) is 25.8 Å². The summed E-state index contributed by atoms with van der Waals surface area (Å²) in [6.45, 7) is 2.67. The number of hydrogen-bond donors (Lipinski definition) is 2. The Morgan fingerprint density at radius 2 is 1.85 bits per heavy atom. The van der Waals surface area contributed by atoms with Crippen molar-refractivity contribution in [1.29, 1.82) is 0 Å². The summed E-state index contributed by atoms with van der Waals surface area (Å²) in [5.41, 5.74) is -0.206. The van der Waals surface area contributed by atoms with Crippen LogP contribution in [-0.4, -0.2) is 42.8 Å². The van der Waals surface area contributed by atoms with Crippen molar-refractivity contribution in [2.24, 2.45) is 0 Å². The molecule has 1 aromatic rings. The lowest BCUT2D eigenvalue weighted by atomic mass is 9.79. The molecule has 4 nitrogen and oxygen atoms in total. The van der Waals surface area contributed by atoms with Gasteiger partial charge < -0.3 is 10.2 Å². The first-order valence-electron chi connectivity index (χ1n) is 6.47. The first-order valence-corrected chi connectivity index (χ1v) is 8.97. The van der Waals surface area contributed by atoms with Crippen molar-refractivity contribution >= 4 is 25.8 Å². The molecule has 0 bridgehead atoms. The van der Waals surface area contributed by atoms with Gasteiger partial charge in [-0.3, -0.25) is 0 Å². The molecular formula is C14H21BrO4S. The quantitative estimate of drug-likeness (QED) is 0.774. The Morgan fingerprint density at radius 3 is 2.30 bits per heavy atom. The van der Waals surface area contributed by atoms with Crippen LogP contribution in [0.4, 0.5) is 0 Å². The maximum absolute atomic E-state index is 11.9. The summed E-state index contributed by atoms with van der Waals surface area (Å²) >= 11 is 3.35. The number of benzene rings is 1. The lowest BCUT2D eigenvalue weighted by Crippen LogP contribution is -2.37. The minimum Gasteiger partial charge on any atom is -0.395 e. The van der Waals surface area contributed by atoms with E-state index in [0.29, 0.717) is 0 Å². The number of halogens is 1. The molecule has 0 atom stereocenters. The van der Waals surface area contributed by atoms with E-state index in [1.807, 2.05) is 6.07 Å². The second-order valence-electron chi connectivity index (χ2n) is 5.27. The van der Waals surface area contributed by atoms with Crippen molar-refractivity contribution < 1.29 is 18.6 Å². The Hall–Kier alpha value is -0.430. The largest absolute Gasteiger partial charge is 0.395 e. The second kappa shape index (κ2) is 7.02. The van der Waals surface area contributed by atoms with Gasteiger partial charge in [0.25, 0.3) is 0 Å². The molecule has 0 spiro atoms. The van der Waals surface area contributed by atoms with Gasteiger partial charge in [0.2, 0.25) is 0 Å². The fraction of sp³-hybridized carbons (Fsp3) is 0.571. The van der Waals surface area contributed by atoms with E-state index in [9.17, 15) is 18.6 Å². The molecule has 0 fully saturated rings. The highest BCUT2D eigenvalue weighted by atomic mass is 79.9. The van der Waals surface area contributed by atoms with Crippen molar-refractivity contribution in [2.45, 2.75) is 30.9 Å². The molecule has 0 amide bonds. The molecule has 0 unspecified atom stereocenters. The molecule has 0 saturated heterocycles. The van der Waals surface area contributed by atoms with Crippen LogP contribution in [0.15, 0.2) is 28.7 Å². The first-order chi connectivity index (χ1) is 9.27. The summed E-state index contributed by atoms with van der Waals surface area (Å²) in [7, 11) is -3.20. The predicted molar refractivity (Wildman–Crippen MR) is 83.5 cm³/mol. The van der Waals surface area contributed by atoms with Crippen LogP contribution in [0, 0.1) is 0 Å². The van der Waals surface area contributed by atoms with Gasteiger partial charge in [-0.25, -0.2) is 8.42 Å². The SMILES string of the molecule is CC(C)S(=O)(=O)CCC(CO)(CO)c1cccc(Br)c1. The smallest absolute Gasteiger partial charge is 0.152 e. The predicted octanol–water partition coefficient (Wildman–Crippen LogP) is 1.88. The lowest BCUT2D eigenvalue weighted by molar-refractivity contribution is 0.113. The van der Waals surface area contributed by atoms with E-state index in [1.54, 1.807) is 32.0 Å². The summed E-state index contributed by atoms with van der Waals surface area (Å²) in [5.74, 6) is -0.0572. The van der Waals surface area contributed by atoms with Gasteiger partial charge in [0, 0.05) is 9.89 Å². The third-order valence-corrected chi connectivity index (χ3v) is 6.33. The van der Waals surface area contributed by atoms with Crippen LogP contribution in [0.2, 0.25) is 0 Å².